The molecular formula is C20H28BFN2O3. The molecule has 0 spiro atoms. The highest BCUT2D eigenvalue weighted by molar-refractivity contribution is 6.62. The number of nitrogens with zero attached hydrogens (tertiary/aromatic N) is 2. The molecule has 1 saturated carbocycles. The van der Waals surface area contributed by atoms with Crippen LogP contribution in [0.4, 0.5) is 4.39 Å². The first-order chi connectivity index (χ1) is 12.7. The Kier molecular flexibility index (Phi) is 4.60. The van der Waals surface area contributed by atoms with Gasteiger partial charge < -0.3 is 18.6 Å². The molecule has 1 saturated heterocycles. The third-order valence-corrected chi connectivity index (χ3v) is 6.50. The molecule has 4 rings (SSSR count). The summed E-state index contributed by atoms with van der Waals surface area (Å²) in [5.41, 5.74) is 0.943. The molecule has 2 aliphatic rings. The van der Waals surface area contributed by atoms with Crippen LogP contribution in [0.1, 0.15) is 59.4 Å². The maximum atomic E-state index is 15.1. The second-order valence-electron chi connectivity index (χ2n) is 8.79. The van der Waals surface area contributed by atoms with E-state index in [-0.39, 0.29) is 18.0 Å². The van der Waals surface area contributed by atoms with Gasteiger partial charge in [0.25, 0.3) is 0 Å². The first-order valence-corrected chi connectivity index (χ1v) is 9.76. The van der Waals surface area contributed by atoms with Crippen LogP contribution in [-0.2, 0) is 14.0 Å². The van der Waals surface area contributed by atoms with E-state index in [1.807, 2.05) is 38.3 Å². The maximum absolute atomic E-state index is 15.1. The molecular weight excluding hydrogens is 346 g/mol. The highest BCUT2D eigenvalue weighted by Crippen LogP contribution is 2.37. The minimum absolute atomic E-state index is 0.214. The summed E-state index contributed by atoms with van der Waals surface area (Å²) in [5.74, 6) is -0.283. The summed E-state index contributed by atoms with van der Waals surface area (Å²) in [6.45, 7) is 7.97. The van der Waals surface area contributed by atoms with Gasteiger partial charge in [-0.15, -0.1) is 0 Å². The Morgan fingerprint density at radius 2 is 1.89 bits per heavy atom. The molecule has 2 atom stereocenters. The molecule has 0 amide bonds. The van der Waals surface area contributed by atoms with E-state index in [0.29, 0.717) is 16.5 Å². The first-order valence-electron chi connectivity index (χ1n) is 9.76. The summed E-state index contributed by atoms with van der Waals surface area (Å²) in [6.07, 6.45) is 6.03. The second-order valence-corrected chi connectivity index (χ2v) is 8.79. The van der Waals surface area contributed by atoms with Gasteiger partial charge in [0.15, 0.2) is 0 Å². The molecule has 1 aromatic heterocycles. The van der Waals surface area contributed by atoms with Gasteiger partial charge in [-0.25, -0.2) is 9.37 Å². The van der Waals surface area contributed by atoms with Crippen molar-refractivity contribution in [2.75, 3.05) is 7.11 Å². The van der Waals surface area contributed by atoms with Gasteiger partial charge in [-0.1, -0.05) is 0 Å². The van der Waals surface area contributed by atoms with Crippen molar-refractivity contribution in [3.05, 3.63) is 24.3 Å². The molecule has 0 bridgehead atoms. The summed E-state index contributed by atoms with van der Waals surface area (Å²) in [6, 6.07) is 3.62. The highest BCUT2D eigenvalue weighted by atomic mass is 19.1. The smallest absolute Gasteiger partial charge is 0.399 e. The lowest BCUT2D eigenvalue weighted by molar-refractivity contribution is 0.00578. The van der Waals surface area contributed by atoms with E-state index in [9.17, 15) is 0 Å². The molecule has 0 radical (unpaired) electrons. The molecule has 1 aliphatic carbocycles. The van der Waals surface area contributed by atoms with Gasteiger partial charge >= 0.3 is 7.12 Å². The Morgan fingerprint density at radius 3 is 2.56 bits per heavy atom. The van der Waals surface area contributed by atoms with Crippen molar-refractivity contribution in [2.24, 2.45) is 0 Å². The van der Waals surface area contributed by atoms with E-state index in [1.165, 1.54) is 6.07 Å². The van der Waals surface area contributed by atoms with E-state index in [2.05, 4.69) is 4.98 Å². The van der Waals surface area contributed by atoms with Crippen molar-refractivity contribution in [3.63, 3.8) is 0 Å². The molecule has 0 N–H and O–H groups in total. The number of halogens is 1. The van der Waals surface area contributed by atoms with E-state index >= 15 is 4.39 Å². The Balaban J connectivity index is 1.67. The lowest BCUT2D eigenvalue weighted by atomic mass is 9.79. The van der Waals surface area contributed by atoms with Crippen LogP contribution in [0, 0.1) is 5.82 Å². The van der Waals surface area contributed by atoms with E-state index in [1.54, 1.807) is 13.4 Å². The van der Waals surface area contributed by atoms with Crippen molar-refractivity contribution in [2.45, 2.75) is 76.7 Å². The monoisotopic (exact) mass is 374 g/mol. The normalized spacial score (nSPS) is 27.4. The van der Waals surface area contributed by atoms with Crippen LogP contribution >= 0.6 is 0 Å². The fourth-order valence-electron chi connectivity index (χ4n) is 4.12. The minimum Gasteiger partial charge on any atom is -0.399 e. The van der Waals surface area contributed by atoms with Crippen LogP contribution in [0.25, 0.3) is 11.0 Å². The standard InChI is InChI=1S/C20H28BFN2O3/c1-19(2)20(3,4)27-21(26-19)13-9-16(22)18-17(10-13)23-12-24(18)14-7-6-8-15(11-14)25-5/h9-10,12,14-15H,6-8,11H2,1-5H3/t14-,15-/m1/s1. The fraction of sp³-hybridized carbons (Fsp3) is 0.650. The molecule has 7 heteroatoms. The Bertz CT molecular complexity index is 835. The van der Waals surface area contributed by atoms with E-state index in [4.69, 9.17) is 14.0 Å². The summed E-state index contributed by atoms with van der Waals surface area (Å²) < 4.78 is 34.7. The number of benzene rings is 1. The predicted molar refractivity (Wildman–Crippen MR) is 104 cm³/mol. The largest absolute Gasteiger partial charge is 0.495 e. The SMILES string of the molecule is CO[C@@H]1CCC[C@@H](n2cnc3cc(B4OC(C)(C)C(C)(C)O4)cc(F)c32)C1. The molecule has 5 nitrogen and oxygen atoms in total. The number of hydrogen-bond acceptors (Lipinski definition) is 4. The lowest BCUT2D eigenvalue weighted by Gasteiger charge is -2.32. The lowest BCUT2D eigenvalue weighted by Crippen LogP contribution is -2.41. The van der Waals surface area contributed by atoms with Crippen LogP contribution in [-0.4, -0.2) is 41.1 Å². The average molecular weight is 374 g/mol. The van der Waals surface area contributed by atoms with Gasteiger partial charge in [0.1, 0.15) is 11.3 Å². The van der Waals surface area contributed by atoms with Gasteiger partial charge in [-0.2, -0.15) is 0 Å². The fourth-order valence-corrected chi connectivity index (χ4v) is 4.12. The third kappa shape index (κ3) is 3.20. The molecule has 2 aromatic rings. The number of rotatable bonds is 3. The molecule has 2 heterocycles. The molecule has 1 aliphatic heterocycles. The Labute approximate surface area is 160 Å². The minimum atomic E-state index is -0.591. The summed E-state index contributed by atoms with van der Waals surface area (Å²) in [5, 5.41) is 0. The number of fused-ring (bicyclic) bond motifs is 1. The van der Waals surface area contributed by atoms with Gasteiger partial charge in [0, 0.05) is 13.2 Å². The van der Waals surface area contributed by atoms with Gasteiger partial charge in [0.05, 0.1) is 29.2 Å². The molecule has 1 aromatic carbocycles. The van der Waals surface area contributed by atoms with Crippen LogP contribution in [0.2, 0.25) is 0 Å². The summed E-state index contributed by atoms with van der Waals surface area (Å²) >= 11 is 0. The predicted octanol–water partition coefficient (Wildman–Crippen LogP) is 3.60. The zero-order valence-electron chi connectivity index (χ0n) is 16.8. The zero-order chi connectivity index (χ0) is 19.4. The number of methoxy groups -OCH3 is 1. The van der Waals surface area contributed by atoms with Crippen LogP contribution in [0.5, 0.6) is 0 Å². The Hall–Kier alpha value is -1.44. The van der Waals surface area contributed by atoms with Crippen LogP contribution < -0.4 is 5.46 Å². The van der Waals surface area contributed by atoms with E-state index < -0.39 is 18.3 Å². The van der Waals surface area contributed by atoms with Crippen LogP contribution in [0.15, 0.2) is 18.5 Å². The number of imidazole rings is 1. The topological polar surface area (TPSA) is 45.5 Å². The van der Waals surface area contributed by atoms with Crippen molar-refractivity contribution < 1.29 is 18.4 Å². The van der Waals surface area contributed by atoms with Crippen molar-refractivity contribution >= 4 is 23.6 Å². The first kappa shape index (κ1) is 18.9. The van der Waals surface area contributed by atoms with Gasteiger partial charge in [0.2, 0.25) is 0 Å². The van der Waals surface area contributed by atoms with Crippen LogP contribution in [0.3, 0.4) is 0 Å². The third-order valence-electron chi connectivity index (χ3n) is 6.50. The summed E-state index contributed by atoms with van der Waals surface area (Å²) in [7, 11) is 1.16. The zero-order valence-corrected chi connectivity index (χ0v) is 16.8. The van der Waals surface area contributed by atoms with Crippen molar-refractivity contribution in [1.82, 2.24) is 9.55 Å². The van der Waals surface area contributed by atoms with Crippen molar-refractivity contribution in [1.29, 1.82) is 0 Å². The van der Waals surface area contributed by atoms with E-state index in [0.717, 1.165) is 25.7 Å². The quantitative estimate of drug-likeness (QED) is 0.771. The highest BCUT2D eigenvalue weighted by Gasteiger charge is 2.52. The number of hydrogen-bond donors (Lipinski definition) is 0. The average Bonchev–Trinajstić information content (AvgIpc) is 3.13. The molecule has 27 heavy (non-hydrogen) atoms. The Morgan fingerprint density at radius 1 is 1.19 bits per heavy atom. The van der Waals surface area contributed by atoms with Gasteiger partial charge in [-0.05, 0) is 71.0 Å². The second kappa shape index (κ2) is 6.57. The maximum Gasteiger partial charge on any atom is 0.495 e. The number of ether oxygens (including phenoxy) is 1. The van der Waals surface area contributed by atoms with Crippen molar-refractivity contribution in [3.8, 4) is 0 Å². The number of aromatic nitrogens is 2. The molecule has 2 fully saturated rings. The summed E-state index contributed by atoms with van der Waals surface area (Å²) in [4.78, 5) is 4.48. The molecule has 146 valence electrons. The van der Waals surface area contributed by atoms with Gasteiger partial charge in [-0.3, -0.25) is 0 Å². The molecule has 0 unspecified atom stereocenters.